The molecule has 2 fully saturated rings. The number of carbonyl (C=O) groups is 1. The summed E-state index contributed by atoms with van der Waals surface area (Å²) in [6.07, 6.45) is -3.80. The van der Waals surface area contributed by atoms with Crippen molar-refractivity contribution < 1.29 is 22.7 Å². The first-order valence-electron chi connectivity index (χ1n) is 12.6. The first-order chi connectivity index (χ1) is 19.2. The quantitative estimate of drug-likeness (QED) is 0.381. The summed E-state index contributed by atoms with van der Waals surface area (Å²) in [7, 11) is 0. The standard InChI is InChI=1S/C24H27ClF3N9O2S/c25-19-5-6-20(32-31-19)37-8-7-17(14-37)29-22-33-34-23(40-22)30-21(38)15-36-11-9-35(10-12-36)13-16-1-3-18(4-2-16)39-24(26,27)28/h1-6,17H,7-15H2,(H,29,33)(H,30,34,38)/t17-/m1/s1. The van der Waals surface area contributed by atoms with Crippen molar-refractivity contribution in [3.05, 3.63) is 47.1 Å². The molecule has 2 N–H and O–H groups in total. The van der Waals surface area contributed by atoms with E-state index in [1.807, 2.05) is 6.07 Å². The number of halogens is 4. The lowest BCUT2D eigenvalue weighted by atomic mass is 10.2. The maximum absolute atomic E-state index is 12.6. The number of carbonyl (C=O) groups excluding carboxylic acids is 1. The molecule has 40 heavy (non-hydrogen) atoms. The minimum Gasteiger partial charge on any atom is -0.406 e. The number of nitrogens with zero attached hydrogens (tertiary/aromatic N) is 7. The van der Waals surface area contributed by atoms with Crippen LogP contribution >= 0.6 is 22.9 Å². The van der Waals surface area contributed by atoms with Crippen LogP contribution in [0.15, 0.2) is 36.4 Å². The number of ether oxygens (including phenoxy) is 1. The maximum Gasteiger partial charge on any atom is 0.573 e. The van der Waals surface area contributed by atoms with Crippen molar-refractivity contribution in [1.29, 1.82) is 0 Å². The second-order valence-electron chi connectivity index (χ2n) is 9.49. The lowest BCUT2D eigenvalue weighted by molar-refractivity contribution is -0.274. The summed E-state index contributed by atoms with van der Waals surface area (Å²) in [4.78, 5) is 19.0. The zero-order chi connectivity index (χ0) is 28.1. The first-order valence-corrected chi connectivity index (χ1v) is 13.8. The van der Waals surface area contributed by atoms with Crippen molar-refractivity contribution in [3.63, 3.8) is 0 Å². The number of benzene rings is 1. The number of hydrogen-bond donors (Lipinski definition) is 2. The average molecular weight is 598 g/mol. The third-order valence-electron chi connectivity index (χ3n) is 6.52. The fraction of sp³-hybridized carbons (Fsp3) is 0.458. The smallest absolute Gasteiger partial charge is 0.406 e. The summed E-state index contributed by atoms with van der Waals surface area (Å²) in [5, 5.41) is 23.9. The number of piperazine rings is 1. The van der Waals surface area contributed by atoms with E-state index in [0.29, 0.717) is 35.1 Å². The fourth-order valence-electron chi connectivity index (χ4n) is 4.59. The van der Waals surface area contributed by atoms with Gasteiger partial charge in [0.15, 0.2) is 11.0 Å². The molecule has 5 rings (SSSR count). The van der Waals surface area contributed by atoms with Crippen LogP contribution in [0, 0.1) is 0 Å². The number of amides is 1. The van der Waals surface area contributed by atoms with E-state index in [4.69, 9.17) is 11.6 Å². The highest BCUT2D eigenvalue weighted by Gasteiger charge is 2.31. The molecular weight excluding hydrogens is 571 g/mol. The van der Waals surface area contributed by atoms with E-state index in [9.17, 15) is 18.0 Å². The van der Waals surface area contributed by atoms with Crippen LogP contribution in [-0.2, 0) is 11.3 Å². The van der Waals surface area contributed by atoms with Gasteiger partial charge in [-0.3, -0.25) is 19.9 Å². The van der Waals surface area contributed by atoms with Crippen molar-refractivity contribution in [2.45, 2.75) is 25.4 Å². The van der Waals surface area contributed by atoms with E-state index < -0.39 is 6.36 Å². The summed E-state index contributed by atoms with van der Waals surface area (Å²) in [5.74, 6) is 0.373. The third-order valence-corrected chi connectivity index (χ3v) is 7.50. The highest BCUT2D eigenvalue weighted by atomic mass is 35.5. The van der Waals surface area contributed by atoms with E-state index in [-0.39, 0.29) is 24.2 Å². The van der Waals surface area contributed by atoms with E-state index >= 15 is 0 Å². The number of anilines is 3. The number of rotatable bonds is 9. The van der Waals surface area contributed by atoms with Gasteiger partial charge in [-0.1, -0.05) is 35.1 Å². The maximum atomic E-state index is 12.6. The van der Waals surface area contributed by atoms with Crippen LogP contribution in [0.1, 0.15) is 12.0 Å². The lowest BCUT2D eigenvalue weighted by Crippen LogP contribution is -2.48. The van der Waals surface area contributed by atoms with Gasteiger partial charge in [0, 0.05) is 51.9 Å². The van der Waals surface area contributed by atoms with Crippen molar-refractivity contribution in [3.8, 4) is 5.75 Å². The Balaban J connectivity index is 1.01. The molecule has 0 radical (unpaired) electrons. The topological polar surface area (TPSA) is 112 Å². The van der Waals surface area contributed by atoms with E-state index in [1.165, 1.54) is 23.5 Å². The Hall–Kier alpha value is -3.27. The van der Waals surface area contributed by atoms with Crippen LogP contribution in [0.5, 0.6) is 5.75 Å². The van der Waals surface area contributed by atoms with Crippen molar-refractivity contribution in [1.82, 2.24) is 30.2 Å². The largest absolute Gasteiger partial charge is 0.573 e. The summed E-state index contributed by atoms with van der Waals surface area (Å²) in [6, 6.07) is 9.61. The first kappa shape index (κ1) is 28.3. The number of hydrogen-bond acceptors (Lipinski definition) is 11. The van der Waals surface area contributed by atoms with Gasteiger partial charge in [0.2, 0.25) is 16.2 Å². The van der Waals surface area contributed by atoms with E-state index in [1.54, 1.807) is 18.2 Å². The van der Waals surface area contributed by atoms with Crippen LogP contribution in [0.25, 0.3) is 0 Å². The Morgan fingerprint density at radius 3 is 2.40 bits per heavy atom. The predicted octanol–water partition coefficient (Wildman–Crippen LogP) is 3.33. The molecule has 4 heterocycles. The van der Waals surface area contributed by atoms with Crippen molar-refractivity contribution >= 4 is 44.9 Å². The predicted molar refractivity (Wildman–Crippen MR) is 145 cm³/mol. The summed E-state index contributed by atoms with van der Waals surface area (Å²) in [6.45, 7) is 5.28. The second kappa shape index (κ2) is 12.5. The zero-order valence-corrected chi connectivity index (χ0v) is 22.8. The molecule has 2 aromatic heterocycles. The molecule has 0 saturated carbocycles. The van der Waals surface area contributed by atoms with Crippen LogP contribution in [-0.4, -0.2) is 94.3 Å². The summed E-state index contributed by atoms with van der Waals surface area (Å²) >= 11 is 7.10. The molecule has 0 unspecified atom stereocenters. The highest BCUT2D eigenvalue weighted by molar-refractivity contribution is 7.19. The molecule has 1 amide bonds. The molecule has 11 nitrogen and oxygen atoms in total. The number of alkyl halides is 3. The van der Waals surface area contributed by atoms with E-state index in [2.05, 4.69) is 50.5 Å². The van der Waals surface area contributed by atoms with Gasteiger partial charge in [0.25, 0.3) is 0 Å². The Kier molecular flexibility index (Phi) is 8.83. The van der Waals surface area contributed by atoms with Gasteiger partial charge in [-0.25, -0.2) is 0 Å². The molecule has 1 atom stereocenters. The molecule has 3 aromatic rings. The van der Waals surface area contributed by atoms with Gasteiger partial charge in [-0.2, -0.15) is 0 Å². The number of aromatic nitrogens is 4. The van der Waals surface area contributed by atoms with Gasteiger partial charge in [-0.05, 0) is 36.2 Å². The molecular formula is C24H27ClF3N9O2S. The van der Waals surface area contributed by atoms with Crippen LogP contribution in [0.3, 0.4) is 0 Å². The van der Waals surface area contributed by atoms with Gasteiger partial charge < -0.3 is 15.0 Å². The molecule has 0 spiro atoms. The molecule has 2 saturated heterocycles. The van der Waals surface area contributed by atoms with Gasteiger partial charge in [-0.15, -0.1) is 33.6 Å². The highest BCUT2D eigenvalue weighted by Crippen LogP contribution is 2.25. The Morgan fingerprint density at radius 2 is 1.70 bits per heavy atom. The monoisotopic (exact) mass is 597 g/mol. The summed E-state index contributed by atoms with van der Waals surface area (Å²) < 4.78 is 40.9. The molecule has 16 heteroatoms. The zero-order valence-electron chi connectivity index (χ0n) is 21.3. The SMILES string of the molecule is O=C(CN1CCN(Cc2ccc(OC(F)(F)F)cc2)CC1)Nc1nnc(N[C@@H]2CCN(c3ccc(Cl)nn3)C2)s1. The van der Waals surface area contributed by atoms with Gasteiger partial charge in [0.1, 0.15) is 5.75 Å². The molecule has 2 aliphatic rings. The van der Waals surface area contributed by atoms with Crippen LogP contribution in [0.2, 0.25) is 5.15 Å². The van der Waals surface area contributed by atoms with Crippen molar-refractivity contribution in [2.24, 2.45) is 0 Å². The van der Waals surface area contributed by atoms with Crippen LogP contribution in [0.4, 0.5) is 29.3 Å². The average Bonchev–Trinajstić information content (AvgIpc) is 3.56. The van der Waals surface area contributed by atoms with E-state index in [0.717, 1.165) is 44.0 Å². The lowest BCUT2D eigenvalue weighted by Gasteiger charge is -2.34. The second-order valence-corrected chi connectivity index (χ2v) is 10.9. The molecule has 0 bridgehead atoms. The molecule has 2 aliphatic heterocycles. The Morgan fingerprint density at radius 1 is 0.975 bits per heavy atom. The minimum atomic E-state index is -4.70. The van der Waals surface area contributed by atoms with Gasteiger partial charge >= 0.3 is 6.36 Å². The normalized spacial score (nSPS) is 18.6. The molecule has 1 aromatic carbocycles. The minimum absolute atomic E-state index is 0.162. The van der Waals surface area contributed by atoms with Crippen LogP contribution < -0.4 is 20.3 Å². The molecule has 214 valence electrons. The van der Waals surface area contributed by atoms with Gasteiger partial charge in [0.05, 0.1) is 6.54 Å². The van der Waals surface area contributed by atoms with Crippen molar-refractivity contribution in [2.75, 3.05) is 61.3 Å². The fourth-order valence-corrected chi connectivity index (χ4v) is 5.43. The Bertz CT molecular complexity index is 1270. The Labute approximate surface area is 237 Å². The molecule has 0 aliphatic carbocycles. The number of nitrogens with one attached hydrogen (secondary N) is 2. The third kappa shape index (κ3) is 8.13. The summed E-state index contributed by atoms with van der Waals surface area (Å²) in [5.41, 5.74) is 0.894.